The van der Waals surface area contributed by atoms with Gasteiger partial charge in [-0.1, -0.05) is 19.1 Å². The molecule has 29 heavy (non-hydrogen) atoms. The van der Waals surface area contributed by atoms with Crippen LogP contribution in [0.1, 0.15) is 18.9 Å². The lowest BCUT2D eigenvalue weighted by Gasteiger charge is -2.32. The highest BCUT2D eigenvalue weighted by Crippen LogP contribution is 2.26. The van der Waals surface area contributed by atoms with Crippen molar-refractivity contribution in [3.63, 3.8) is 0 Å². The largest absolute Gasteiger partial charge is 0.497 e. The minimum absolute atomic E-state index is 0.0684. The number of hydrogen-bond acceptors (Lipinski definition) is 6. The molecule has 1 aliphatic rings. The molecule has 3 N–H and O–H groups in total. The molecule has 1 heterocycles. The van der Waals surface area contributed by atoms with Crippen molar-refractivity contribution in [2.75, 3.05) is 40.6 Å². The van der Waals surface area contributed by atoms with Gasteiger partial charge in [0.05, 0.1) is 30.9 Å². The summed E-state index contributed by atoms with van der Waals surface area (Å²) in [5.74, 6) is 0.919. The van der Waals surface area contributed by atoms with Crippen molar-refractivity contribution >= 4 is 23.7 Å². The first-order valence-corrected chi connectivity index (χ1v) is 10.6. The number of thioether (sulfide) groups is 1. The highest BCUT2D eigenvalue weighted by Gasteiger charge is 2.30. The summed E-state index contributed by atoms with van der Waals surface area (Å²) in [5.41, 5.74) is 0.989. The summed E-state index contributed by atoms with van der Waals surface area (Å²) < 4.78 is 15.7. The van der Waals surface area contributed by atoms with Gasteiger partial charge >= 0.3 is 6.03 Å². The van der Waals surface area contributed by atoms with Crippen LogP contribution in [-0.4, -0.2) is 63.1 Å². The highest BCUT2D eigenvalue weighted by molar-refractivity contribution is 8.01. The Bertz CT molecular complexity index is 644. The molecule has 0 bridgehead atoms. The summed E-state index contributed by atoms with van der Waals surface area (Å²) in [7, 11) is 3.24. The average molecular weight is 426 g/mol. The second-order valence-electron chi connectivity index (χ2n) is 6.84. The number of carbonyl (C=O) groups excluding carboxylic acids is 2. The average Bonchev–Trinajstić information content (AvgIpc) is 2.73. The van der Waals surface area contributed by atoms with Gasteiger partial charge in [-0.3, -0.25) is 4.79 Å². The van der Waals surface area contributed by atoms with Crippen LogP contribution in [0, 0.1) is 5.92 Å². The van der Waals surface area contributed by atoms with Gasteiger partial charge in [0, 0.05) is 32.7 Å². The van der Waals surface area contributed by atoms with Crippen molar-refractivity contribution in [2.24, 2.45) is 5.92 Å². The second-order valence-corrected chi connectivity index (χ2v) is 8.19. The Labute approximate surface area is 176 Å². The molecule has 3 atom stereocenters. The fraction of sp³-hybridized carbons (Fsp3) is 0.600. The molecule has 1 aliphatic heterocycles. The molecule has 0 saturated carbocycles. The first-order valence-electron chi connectivity index (χ1n) is 9.70. The van der Waals surface area contributed by atoms with E-state index in [4.69, 9.17) is 14.2 Å². The maximum Gasteiger partial charge on any atom is 0.315 e. The minimum Gasteiger partial charge on any atom is -0.497 e. The lowest BCUT2D eigenvalue weighted by atomic mass is 10.1. The van der Waals surface area contributed by atoms with Gasteiger partial charge < -0.3 is 30.2 Å². The Kier molecular flexibility index (Phi) is 10.1. The number of benzene rings is 1. The van der Waals surface area contributed by atoms with Crippen LogP contribution in [0.5, 0.6) is 5.75 Å². The number of methoxy groups -OCH3 is 2. The molecule has 8 nitrogen and oxygen atoms in total. The third-order valence-electron chi connectivity index (χ3n) is 4.56. The zero-order chi connectivity index (χ0) is 21.1. The van der Waals surface area contributed by atoms with Crippen molar-refractivity contribution in [1.82, 2.24) is 16.0 Å². The lowest BCUT2D eigenvalue weighted by Crippen LogP contribution is -2.53. The molecule has 2 rings (SSSR count). The number of hydrogen-bond donors (Lipinski definition) is 3. The third kappa shape index (κ3) is 8.12. The van der Waals surface area contributed by atoms with Crippen molar-refractivity contribution in [3.8, 4) is 5.75 Å². The van der Waals surface area contributed by atoms with Gasteiger partial charge in [0.1, 0.15) is 5.75 Å². The second kappa shape index (κ2) is 12.6. The fourth-order valence-electron chi connectivity index (χ4n) is 2.77. The van der Waals surface area contributed by atoms with E-state index in [0.717, 1.165) is 11.3 Å². The molecule has 9 heteroatoms. The Morgan fingerprint density at radius 1 is 1.24 bits per heavy atom. The van der Waals surface area contributed by atoms with E-state index in [0.29, 0.717) is 39.3 Å². The van der Waals surface area contributed by atoms with E-state index in [2.05, 4.69) is 16.0 Å². The molecule has 3 amide bonds. The van der Waals surface area contributed by atoms with Crippen molar-refractivity contribution in [1.29, 1.82) is 0 Å². The molecule has 2 unspecified atom stereocenters. The Morgan fingerprint density at radius 3 is 2.69 bits per heavy atom. The van der Waals surface area contributed by atoms with Crippen LogP contribution in [0.3, 0.4) is 0 Å². The number of amides is 3. The van der Waals surface area contributed by atoms with Gasteiger partial charge in [0.15, 0.2) is 0 Å². The third-order valence-corrected chi connectivity index (χ3v) is 6.21. The molecule has 0 aliphatic carbocycles. The molecule has 0 aromatic heterocycles. The first kappa shape index (κ1) is 23.3. The number of nitrogens with one attached hydrogen (secondary N) is 3. The smallest absolute Gasteiger partial charge is 0.315 e. The Morgan fingerprint density at radius 2 is 2.00 bits per heavy atom. The normalized spacial score (nSPS) is 19.8. The maximum atomic E-state index is 12.9. The Balaban J connectivity index is 1.92. The SMILES string of the molecule is COCCOCC[C@@H](SC1NC(=O)NCC1C)C(=O)NCc1ccc(OC)cc1. The lowest BCUT2D eigenvalue weighted by molar-refractivity contribution is -0.121. The summed E-state index contributed by atoms with van der Waals surface area (Å²) in [6.07, 6.45) is 0.551. The Hall–Kier alpha value is -1.97. The molecule has 1 aromatic rings. The van der Waals surface area contributed by atoms with Crippen LogP contribution < -0.4 is 20.7 Å². The molecule has 0 radical (unpaired) electrons. The van der Waals surface area contributed by atoms with E-state index in [1.54, 1.807) is 14.2 Å². The van der Waals surface area contributed by atoms with E-state index >= 15 is 0 Å². The zero-order valence-electron chi connectivity index (χ0n) is 17.2. The fourth-order valence-corrected chi connectivity index (χ4v) is 4.10. The van der Waals surface area contributed by atoms with E-state index in [1.807, 2.05) is 31.2 Å². The zero-order valence-corrected chi connectivity index (χ0v) is 18.1. The number of ether oxygens (including phenoxy) is 3. The van der Waals surface area contributed by atoms with Crippen molar-refractivity contribution < 1.29 is 23.8 Å². The van der Waals surface area contributed by atoms with Gasteiger partial charge in [-0.2, -0.15) is 0 Å². The maximum absolute atomic E-state index is 12.9. The molecule has 1 aromatic carbocycles. The predicted octanol–water partition coefficient (Wildman–Crippen LogP) is 1.74. The summed E-state index contributed by atoms with van der Waals surface area (Å²) in [5, 5.41) is 8.22. The van der Waals surface area contributed by atoms with Gasteiger partial charge in [-0.15, -0.1) is 11.8 Å². The molecule has 1 saturated heterocycles. The van der Waals surface area contributed by atoms with E-state index < -0.39 is 0 Å². The van der Waals surface area contributed by atoms with Crippen LogP contribution in [0.4, 0.5) is 4.79 Å². The molecule has 1 fully saturated rings. The van der Waals surface area contributed by atoms with Crippen LogP contribution >= 0.6 is 11.8 Å². The predicted molar refractivity (Wildman–Crippen MR) is 113 cm³/mol. The number of urea groups is 1. The molecular formula is C20H31N3O5S. The number of rotatable bonds is 12. The molecular weight excluding hydrogens is 394 g/mol. The van der Waals surface area contributed by atoms with Crippen molar-refractivity contribution in [3.05, 3.63) is 29.8 Å². The first-order chi connectivity index (χ1) is 14.0. The summed E-state index contributed by atoms with van der Waals surface area (Å²) in [6.45, 7) is 4.52. The monoisotopic (exact) mass is 425 g/mol. The van der Waals surface area contributed by atoms with Crippen LogP contribution in [-0.2, 0) is 20.8 Å². The van der Waals surface area contributed by atoms with Crippen LogP contribution in [0.15, 0.2) is 24.3 Å². The van der Waals surface area contributed by atoms with E-state index in [-0.39, 0.29) is 28.5 Å². The quantitative estimate of drug-likeness (QED) is 0.442. The van der Waals surface area contributed by atoms with Crippen LogP contribution in [0.25, 0.3) is 0 Å². The van der Waals surface area contributed by atoms with Gasteiger partial charge in [0.2, 0.25) is 5.91 Å². The topological polar surface area (TPSA) is 97.9 Å². The highest BCUT2D eigenvalue weighted by atomic mass is 32.2. The van der Waals surface area contributed by atoms with Gasteiger partial charge in [-0.25, -0.2) is 4.79 Å². The minimum atomic E-state index is -0.332. The van der Waals surface area contributed by atoms with Crippen molar-refractivity contribution in [2.45, 2.75) is 30.5 Å². The molecule has 162 valence electrons. The standard InChI is InChI=1S/C20H31N3O5S/c1-14-12-22-20(25)23-19(14)29-17(8-9-28-11-10-26-2)18(24)21-13-15-4-6-16(27-3)7-5-15/h4-7,14,17,19H,8-13H2,1-3H3,(H,21,24)(H2,22,23,25)/t14?,17-,19?/m1/s1. The summed E-state index contributed by atoms with van der Waals surface area (Å²) >= 11 is 1.48. The van der Waals surface area contributed by atoms with Gasteiger partial charge in [-0.05, 0) is 24.1 Å². The molecule has 0 spiro atoms. The van der Waals surface area contributed by atoms with E-state index in [9.17, 15) is 9.59 Å². The van der Waals surface area contributed by atoms with Gasteiger partial charge in [0.25, 0.3) is 0 Å². The summed E-state index contributed by atoms with van der Waals surface area (Å²) in [4.78, 5) is 24.5. The summed E-state index contributed by atoms with van der Waals surface area (Å²) in [6, 6.07) is 7.37. The number of carbonyl (C=O) groups is 2. The van der Waals surface area contributed by atoms with E-state index in [1.165, 1.54) is 11.8 Å². The van der Waals surface area contributed by atoms with Crippen LogP contribution in [0.2, 0.25) is 0 Å².